The normalized spacial score (nSPS) is 37.7. The van der Waals surface area contributed by atoms with Crippen LogP contribution in [0.4, 0.5) is 0 Å². The van der Waals surface area contributed by atoms with Gasteiger partial charge in [-0.25, -0.2) is 0 Å². The average molecular weight is 200 g/mol. The molecule has 3 aliphatic rings. The topological polar surface area (TPSA) is 60.7 Å². The standard InChI is InChI=1S/C10H18.BH3O3/c1-7-4-5-8-6-9(7)10(8,2)3;2-1(3)4/h7-9H,4-6H2,1-3H3;2-4H. The van der Waals surface area contributed by atoms with Gasteiger partial charge in [-0.05, 0) is 36.0 Å². The summed E-state index contributed by atoms with van der Waals surface area (Å²) in [6, 6.07) is 0. The lowest BCUT2D eigenvalue weighted by molar-refractivity contribution is -0.0988. The third kappa shape index (κ3) is 2.30. The van der Waals surface area contributed by atoms with E-state index in [0.717, 1.165) is 17.8 Å². The summed E-state index contributed by atoms with van der Waals surface area (Å²) in [5.74, 6) is 3.15. The van der Waals surface area contributed by atoms with Crippen LogP contribution in [0.3, 0.4) is 0 Å². The van der Waals surface area contributed by atoms with Crippen molar-refractivity contribution in [3.05, 3.63) is 0 Å². The number of hydrogen-bond acceptors (Lipinski definition) is 3. The Kier molecular flexibility index (Phi) is 3.61. The molecule has 3 aliphatic carbocycles. The first-order chi connectivity index (χ1) is 6.35. The van der Waals surface area contributed by atoms with Crippen molar-refractivity contribution in [3.63, 3.8) is 0 Å². The van der Waals surface area contributed by atoms with Gasteiger partial charge in [0.1, 0.15) is 0 Å². The maximum atomic E-state index is 7.17. The predicted octanol–water partition coefficient (Wildman–Crippen LogP) is 1.03. The zero-order valence-electron chi connectivity index (χ0n) is 9.27. The van der Waals surface area contributed by atoms with Crippen molar-refractivity contribution >= 4 is 7.32 Å². The van der Waals surface area contributed by atoms with Crippen LogP contribution in [-0.2, 0) is 0 Å². The second-order valence-corrected chi connectivity index (χ2v) is 5.26. The molecule has 0 saturated heterocycles. The summed E-state index contributed by atoms with van der Waals surface area (Å²) < 4.78 is 0. The fraction of sp³-hybridized carbons (Fsp3) is 1.00. The van der Waals surface area contributed by atoms with Gasteiger partial charge in [0, 0.05) is 0 Å². The molecule has 3 fully saturated rings. The Bertz CT molecular complexity index is 189. The molecule has 0 spiro atoms. The molecule has 3 rings (SSSR count). The minimum Gasteiger partial charge on any atom is -0.402 e. The molecule has 0 radical (unpaired) electrons. The van der Waals surface area contributed by atoms with Crippen molar-refractivity contribution in [2.45, 2.75) is 40.0 Å². The van der Waals surface area contributed by atoms with Gasteiger partial charge in [-0.2, -0.15) is 0 Å². The molecule has 4 heteroatoms. The van der Waals surface area contributed by atoms with Crippen LogP contribution < -0.4 is 0 Å². The molecule has 0 amide bonds. The smallest absolute Gasteiger partial charge is 0.402 e. The molecule has 3 atom stereocenters. The van der Waals surface area contributed by atoms with E-state index >= 15 is 0 Å². The third-order valence-electron chi connectivity index (χ3n) is 4.20. The first-order valence-corrected chi connectivity index (χ1v) is 5.40. The molecule has 14 heavy (non-hydrogen) atoms. The van der Waals surface area contributed by atoms with E-state index in [1.165, 1.54) is 19.3 Å². The first-order valence-electron chi connectivity index (χ1n) is 5.40. The van der Waals surface area contributed by atoms with Crippen LogP contribution in [0.5, 0.6) is 0 Å². The Hall–Kier alpha value is -0.0551. The van der Waals surface area contributed by atoms with Crippen LogP contribution in [0.15, 0.2) is 0 Å². The average Bonchev–Trinajstić information content (AvgIpc) is 2.02. The van der Waals surface area contributed by atoms with Crippen molar-refractivity contribution in [3.8, 4) is 0 Å². The quantitative estimate of drug-likeness (QED) is 0.511. The summed E-state index contributed by atoms with van der Waals surface area (Å²) in [6.45, 7) is 7.35. The number of rotatable bonds is 0. The van der Waals surface area contributed by atoms with Gasteiger partial charge in [-0.3, -0.25) is 0 Å². The van der Waals surface area contributed by atoms with Crippen LogP contribution in [0, 0.1) is 23.2 Å². The highest BCUT2D eigenvalue weighted by molar-refractivity contribution is 6.30. The van der Waals surface area contributed by atoms with Gasteiger partial charge in [-0.15, -0.1) is 0 Å². The minimum absolute atomic E-state index is 0.706. The number of fused-ring (bicyclic) bond motifs is 2. The van der Waals surface area contributed by atoms with E-state index in [1.54, 1.807) is 0 Å². The van der Waals surface area contributed by atoms with Crippen molar-refractivity contribution < 1.29 is 15.1 Å². The summed E-state index contributed by atoms with van der Waals surface area (Å²) in [5, 5.41) is 21.5. The highest BCUT2D eigenvalue weighted by Gasteiger charge is 2.52. The zero-order valence-corrected chi connectivity index (χ0v) is 9.27. The maximum absolute atomic E-state index is 7.17. The molecule has 0 aromatic carbocycles. The Morgan fingerprint density at radius 1 is 1.14 bits per heavy atom. The van der Waals surface area contributed by atoms with E-state index in [9.17, 15) is 0 Å². The van der Waals surface area contributed by atoms with E-state index in [0.29, 0.717) is 5.41 Å². The molecular formula is C10H21BO3. The van der Waals surface area contributed by atoms with Crippen LogP contribution in [0.2, 0.25) is 0 Å². The highest BCUT2D eigenvalue weighted by Crippen LogP contribution is 2.61. The summed E-state index contributed by atoms with van der Waals surface area (Å²) in [4.78, 5) is 0. The zero-order chi connectivity index (χ0) is 10.9. The maximum Gasteiger partial charge on any atom is 0.631 e. The molecule has 0 aromatic heterocycles. The van der Waals surface area contributed by atoms with Crippen molar-refractivity contribution in [2.24, 2.45) is 23.2 Å². The third-order valence-corrected chi connectivity index (χ3v) is 4.20. The lowest BCUT2D eigenvalue weighted by atomic mass is 9.46. The van der Waals surface area contributed by atoms with Crippen molar-refractivity contribution in [1.29, 1.82) is 0 Å². The molecule has 3 N–H and O–H groups in total. The van der Waals surface area contributed by atoms with Gasteiger partial charge in [0.2, 0.25) is 0 Å². The van der Waals surface area contributed by atoms with E-state index in [2.05, 4.69) is 20.8 Å². The molecule has 3 saturated carbocycles. The summed E-state index contributed by atoms with van der Waals surface area (Å²) in [7, 11) is -2.17. The summed E-state index contributed by atoms with van der Waals surface area (Å²) in [5.41, 5.74) is 0.706. The van der Waals surface area contributed by atoms with Crippen LogP contribution in [-0.4, -0.2) is 22.4 Å². The lowest BCUT2D eigenvalue weighted by Crippen LogP contribution is -2.51. The Morgan fingerprint density at radius 2 is 1.64 bits per heavy atom. The van der Waals surface area contributed by atoms with Crippen molar-refractivity contribution in [2.75, 3.05) is 0 Å². The summed E-state index contributed by atoms with van der Waals surface area (Å²) >= 11 is 0. The van der Waals surface area contributed by atoms with Crippen molar-refractivity contribution in [1.82, 2.24) is 0 Å². The van der Waals surface area contributed by atoms with Gasteiger partial charge in [-0.1, -0.05) is 27.2 Å². The Balaban J connectivity index is 0.000000213. The molecule has 0 heterocycles. The van der Waals surface area contributed by atoms with E-state index in [-0.39, 0.29) is 0 Å². The molecule has 82 valence electrons. The molecule has 3 unspecified atom stereocenters. The van der Waals surface area contributed by atoms with E-state index in [4.69, 9.17) is 15.1 Å². The second kappa shape index (κ2) is 4.21. The van der Waals surface area contributed by atoms with Gasteiger partial charge < -0.3 is 15.1 Å². The largest absolute Gasteiger partial charge is 0.631 e. The monoisotopic (exact) mass is 200 g/mol. The van der Waals surface area contributed by atoms with Crippen LogP contribution in [0.25, 0.3) is 0 Å². The predicted molar refractivity (Wildman–Crippen MR) is 56.2 cm³/mol. The Labute approximate surface area is 86.3 Å². The minimum atomic E-state index is -2.17. The Morgan fingerprint density at radius 3 is 1.86 bits per heavy atom. The first kappa shape index (κ1) is 12.0. The van der Waals surface area contributed by atoms with Gasteiger partial charge in [0.25, 0.3) is 0 Å². The fourth-order valence-electron chi connectivity index (χ4n) is 3.18. The van der Waals surface area contributed by atoms with Crippen LogP contribution in [0.1, 0.15) is 40.0 Å². The van der Waals surface area contributed by atoms with E-state index < -0.39 is 7.32 Å². The van der Waals surface area contributed by atoms with Crippen LogP contribution >= 0.6 is 0 Å². The van der Waals surface area contributed by atoms with Gasteiger partial charge in [0.15, 0.2) is 0 Å². The lowest BCUT2D eigenvalue weighted by Gasteiger charge is -2.59. The second-order valence-electron chi connectivity index (χ2n) is 5.26. The van der Waals surface area contributed by atoms with E-state index in [1.807, 2.05) is 0 Å². The van der Waals surface area contributed by atoms with Gasteiger partial charge in [0.05, 0.1) is 0 Å². The SMILES string of the molecule is CC1CCC2CC1C2(C)C.OB(O)O. The fourth-order valence-corrected chi connectivity index (χ4v) is 3.18. The highest BCUT2D eigenvalue weighted by atomic mass is 16.5. The molecular weight excluding hydrogens is 179 g/mol. The molecule has 0 aromatic rings. The molecule has 3 nitrogen and oxygen atoms in total. The molecule has 2 bridgehead atoms. The molecule has 0 aliphatic heterocycles. The summed E-state index contributed by atoms with van der Waals surface area (Å²) in [6.07, 6.45) is 4.54. The number of hydrogen-bond donors (Lipinski definition) is 3. The van der Waals surface area contributed by atoms with Gasteiger partial charge >= 0.3 is 7.32 Å².